The number of carbonyl (C=O) groups is 2. The maximum Gasteiger partial charge on any atom is 0.344 e. The van der Waals surface area contributed by atoms with Gasteiger partial charge in [0.15, 0.2) is 12.0 Å². The largest absolute Gasteiger partial charge is 0.482 e. The Morgan fingerprint density at radius 1 is 1.41 bits per heavy atom. The summed E-state index contributed by atoms with van der Waals surface area (Å²) in [5.74, 6) is -0.00127. The number of hydrogen-bond acceptors (Lipinski definition) is 6. The molecular weight excluding hydrogens is 346 g/mol. The third kappa shape index (κ3) is 2.77. The molecule has 2 saturated carbocycles. The fourth-order valence-electron chi connectivity index (χ4n) is 4.74. The van der Waals surface area contributed by atoms with Crippen LogP contribution in [0.15, 0.2) is 24.3 Å². The van der Waals surface area contributed by atoms with Gasteiger partial charge in [0, 0.05) is 11.8 Å². The highest BCUT2D eigenvalue weighted by atomic mass is 16.6. The fraction of sp³-hybridized carbons (Fsp3) is 0.571. The second-order valence-electron chi connectivity index (χ2n) is 7.88. The van der Waals surface area contributed by atoms with Crippen molar-refractivity contribution in [3.63, 3.8) is 0 Å². The van der Waals surface area contributed by atoms with Gasteiger partial charge in [-0.15, -0.1) is 0 Å². The molecule has 6 unspecified atom stereocenters. The van der Waals surface area contributed by atoms with Crippen molar-refractivity contribution in [2.24, 2.45) is 17.3 Å². The maximum absolute atomic E-state index is 12.2. The standard InChI is InChI=1S/C21H23NO5/c1-3-12(2)13-4-6-15(7-5-13)25-10-17(23)26-18-14-8-16-19(18)27-20(24)21(16,9-14)11-22/h4-7,12,14,16,18-19H,3,8-10H2,1-2H3. The molecule has 27 heavy (non-hydrogen) atoms. The van der Waals surface area contributed by atoms with Crippen LogP contribution in [-0.2, 0) is 19.1 Å². The molecular formula is C21H23NO5. The van der Waals surface area contributed by atoms with E-state index in [4.69, 9.17) is 14.2 Å². The molecule has 0 aromatic heterocycles. The van der Waals surface area contributed by atoms with E-state index in [-0.39, 0.29) is 18.4 Å². The monoisotopic (exact) mass is 369 g/mol. The van der Waals surface area contributed by atoms with Crippen molar-refractivity contribution in [3.8, 4) is 11.8 Å². The maximum atomic E-state index is 12.2. The lowest BCUT2D eigenvalue weighted by molar-refractivity contribution is -0.163. The Kier molecular flexibility index (Phi) is 4.33. The predicted octanol–water partition coefficient (Wildman–Crippen LogP) is 2.97. The van der Waals surface area contributed by atoms with E-state index in [2.05, 4.69) is 19.9 Å². The summed E-state index contributed by atoms with van der Waals surface area (Å²) in [5.41, 5.74) is 0.213. The highest BCUT2D eigenvalue weighted by Gasteiger charge is 2.72. The topological polar surface area (TPSA) is 85.6 Å². The van der Waals surface area contributed by atoms with Crippen molar-refractivity contribution in [3.05, 3.63) is 29.8 Å². The van der Waals surface area contributed by atoms with E-state index in [1.807, 2.05) is 24.3 Å². The van der Waals surface area contributed by atoms with E-state index in [0.717, 1.165) is 6.42 Å². The third-order valence-corrected chi connectivity index (χ3v) is 6.45. The first-order valence-electron chi connectivity index (χ1n) is 9.53. The lowest BCUT2D eigenvalue weighted by Crippen LogP contribution is -2.40. The molecule has 1 aromatic carbocycles. The van der Waals surface area contributed by atoms with Crippen molar-refractivity contribution < 1.29 is 23.8 Å². The molecule has 6 atom stereocenters. The van der Waals surface area contributed by atoms with Crippen LogP contribution in [0.4, 0.5) is 0 Å². The van der Waals surface area contributed by atoms with Gasteiger partial charge >= 0.3 is 11.9 Å². The molecule has 1 aliphatic heterocycles. The van der Waals surface area contributed by atoms with E-state index in [0.29, 0.717) is 24.5 Å². The van der Waals surface area contributed by atoms with Gasteiger partial charge in [-0.2, -0.15) is 5.26 Å². The zero-order valence-electron chi connectivity index (χ0n) is 15.5. The SMILES string of the molecule is CCC(C)c1ccc(OCC(=O)OC2C3CC4C2OC(=O)C4(C#N)C3)cc1. The number of rotatable bonds is 6. The summed E-state index contributed by atoms with van der Waals surface area (Å²) < 4.78 is 16.5. The summed E-state index contributed by atoms with van der Waals surface area (Å²) in [4.78, 5) is 24.3. The molecule has 3 fully saturated rings. The normalized spacial score (nSPS) is 34.0. The van der Waals surface area contributed by atoms with Crippen LogP contribution in [0.5, 0.6) is 5.75 Å². The first-order valence-corrected chi connectivity index (χ1v) is 9.53. The summed E-state index contributed by atoms with van der Waals surface area (Å²) in [5, 5.41) is 9.41. The molecule has 0 radical (unpaired) electrons. The number of benzene rings is 1. The Labute approximate surface area is 158 Å². The molecule has 2 aliphatic carbocycles. The van der Waals surface area contributed by atoms with Gasteiger partial charge < -0.3 is 14.2 Å². The van der Waals surface area contributed by atoms with Crippen LogP contribution in [0.2, 0.25) is 0 Å². The number of nitriles is 1. The zero-order chi connectivity index (χ0) is 19.2. The summed E-state index contributed by atoms with van der Waals surface area (Å²) in [6.45, 7) is 4.11. The number of fused-ring (bicyclic) bond motifs is 1. The van der Waals surface area contributed by atoms with E-state index >= 15 is 0 Å². The zero-order valence-corrected chi connectivity index (χ0v) is 15.5. The Balaban J connectivity index is 1.32. The van der Waals surface area contributed by atoms with Crippen molar-refractivity contribution >= 4 is 11.9 Å². The number of esters is 2. The predicted molar refractivity (Wildman–Crippen MR) is 94.7 cm³/mol. The molecule has 1 saturated heterocycles. The van der Waals surface area contributed by atoms with Gasteiger partial charge in [0.25, 0.3) is 0 Å². The van der Waals surface area contributed by atoms with Crippen LogP contribution in [0, 0.1) is 28.6 Å². The third-order valence-electron chi connectivity index (χ3n) is 6.45. The van der Waals surface area contributed by atoms with Gasteiger partial charge in [0.1, 0.15) is 18.0 Å². The molecule has 2 bridgehead atoms. The molecule has 3 aliphatic rings. The fourth-order valence-corrected chi connectivity index (χ4v) is 4.74. The lowest BCUT2D eigenvalue weighted by atomic mass is 9.75. The molecule has 142 valence electrons. The molecule has 6 nitrogen and oxygen atoms in total. The van der Waals surface area contributed by atoms with Gasteiger partial charge in [-0.1, -0.05) is 26.0 Å². The van der Waals surface area contributed by atoms with E-state index in [1.165, 1.54) is 5.56 Å². The lowest BCUT2D eigenvalue weighted by Gasteiger charge is -2.27. The number of carbonyl (C=O) groups excluding carboxylic acids is 2. The van der Waals surface area contributed by atoms with Crippen LogP contribution < -0.4 is 4.74 Å². The Morgan fingerprint density at radius 3 is 2.81 bits per heavy atom. The van der Waals surface area contributed by atoms with Crippen LogP contribution >= 0.6 is 0 Å². The Morgan fingerprint density at radius 2 is 2.15 bits per heavy atom. The second kappa shape index (κ2) is 6.56. The van der Waals surface area contributed by atoms with Crippen molar-refractivity contribution in [1.82, 2.24) is 0 Å². The molecule has 0 spiro atoms. The van der Waals surface area contributed by atoms with Gasteiger partial charge in [-0.3, -0.25) is 4.79 Å². The van der Waals surface area contributed by atoms with Gasteiger partial charge in [-0.25, -0.2) is 4.79 Å². The van der Waals surface area contributed by atoms with E-state index in [1.54, 1.807) is 0 Å². The van der Waals surface area contributed by atoms with Crippen LogP contribution in [0.3, 0.4) is 0 Å². The van der Waals surface area contributed by atoms with Gasteiger partial charge in [0.2, 0.25) is 0 Å². The number of hydrogen-bond donors (Lipinski definition) is 0. The van der Waals surface area contributed by atoms with Crippen molar-refractivity contribution in [2.75, 3.05) is 6.61 Å². The van der Waals surface area contributed by atoms with Crippen molar-refractivity contribution in [2.45, 2.75) is 51.2 Å². The van der Waals surface area contributed by atoms with Crippen LogP contribution in [0.1, 0.15) is 44.6 Å². The molecule has 1 aromatic rings. The highest BCUT2D eigenvalue weighted by molar-refractivity contribution is 5.84. The van der Waals surface area contributed by atoms with Gasteiger partial charge in [-0.05, 0) is 42.9 Å². The minimum Gasteiger partial charge on any atom is -0.482 e. The summed E-state index contributed by atoms with van der Waals surface area (Å²) in [6.07, 6.45) is 1.22. The van der Waals surface area contributed by atoms with E-state index < -0.39 is 29.6 Å². The number of nitrogens with zero attached hydrogens (tertiary/aromatic N) is 1. The Hall–Kier alpha value is -2.55. The highest BCUT2D eigenvalue weighted by Crippen LogP contribution is 2.62. The van der Waals surface area contributed by atoms with E-state index in [9.17, 15) is 14.9 Å². The first-order chi connectivity index (χ1) is 13.0. The van der Waals surface area contributed by atoms with Gasteiger partial charge in [0.05, 0.1) is 6.07 Å². The smallest absolute Gasteiger partial charge is 0.344 e. The molecule has 0 N–H and O–H groups in total. The molecule has 0 amide bonds. The summed E-state index contributed by atoms with van der Waals surface area (Å²) in [6, 6.07) is 9.86. The number of ether oxygens (including phenoxy) is 3. The second-order valence-corrected chi connectivity index (χ2v) is 7.88. The summed E-state index contributed by atoms with van der Waals surface area (Å²) in [7, 11) is 0. The summed E-state index contributed by atoms with van der Waals surface area (Å²) >= 11 is 0. The minimum absolute atomic E-state index is 0.00450. The minimum atomic E-state index is -1.02. The average Bonchev–Trinajstić information content (AvgIpc) is 3.28. The average molecular weight is 369 g/mol. The Bertz CT molecular complexity index is 798. The quantitative estimate of drug-likeness (QED) is 0.717. The molecule has 4 rings (SSSR count). The first kappa shape index (κ1) is 17.8. The molecule has 1 heterocycles. The van der Waals surface area contributed by atoms with Crippen LogP contribution in [0.25, 0.3) is 0 Å². The van der Waals surface area contributed by atoms with Crippen molar-refractivity contribution in [1.29, 1.82) is 5.26 Å². The van der Waals surface area contributed by atoms with Crippen LogP contribution in [-0.4, -0.2) is 30.8 Å². The molecule has 6 heteroatoms.